The first-order valence-corrected chi connectivity index (χ1v) is 10.8. The number of benzene rings is 1. The number of rotatable bonds is 4. The van der Waals surface area contributed by atoms with E-state index in [1.54, 1.807) is 11.1 Å². The van der Waals surface area contributed by atoms with E-state index in [9.17, 15) is 0 Å². The molecule has 3 aliphatic heterocycles. The SMILES string of the molecule is Cn1cc(CN2CCC3(CC2)CN(C[C@@H]2CCOC2)Cc2ccccc23)cn1. The van der Waals surface area contributed by atoms with Crippen LogP contribution in [0.25, 0.3) is 0 Å². The van der Waals surface area contributed by atoms with Crippen LogP contribution in [-0.4, -0.2) is 59.0 Å². The summed E-state index contributed by atoms with van der Waals surface area (Å²) in [5, 5.41) is 4.33. The maximum Gasteiger partial charge on any atom is 0.0534 e. The van der Waals surface area contributed by atoms with E-state index in [-0.39, 0.29) is 0 Å². The minimum Gasteiger partial charge on any atom is -0.381 e. The van der Waals surface area contributed by atoms with Gasteiger partial charge in [-0.05, 0) is 49.4 Å². The molecule has 5 rings (SSSR count). The molecule has 0 bridgehead atoms. The predicted molar refractivity (Wildman–Crippen MR) is 110 cm³/mol. The molecule has 0 aliphatic carbocycles. The fourth-order valence-electron chi connectivity index (χ4n) is 5.59. The van der Waals surface area contributed by atoms with E-state index in [4.69, 9.17) is 4.74 Å². The zero-order chi connectivity index (χ0) is 19.0. The Morgan fingerprint density at radius 1 is 1.18 bits per heavy atom. The third kappa shape index (κ3) is 3.63. The second-order valence-corrected chi connectivity index (χ2v) is 9.14. The Labute approximate surface area is 168 Å². The molecule has 1 aromatic heterocycles. The van der Waals surface area contributed by atoms with Crippen LogP contribution in [0.3, 0.4) is 0 Å². The Kier molecular flexibility index (Phi) is 4.99. The van der Waals surface area contributed by atoms with Crippen LogP contribution >= 0.6 is 0 Å². The summed E-state index contributed by atoms with van der Waals surface area (Å²) in [7, 11) is 2.00. The van der Waals surface area contributed by atoms with Gasteiger partial charge in [-0.25, -0.2) is 0 Å². The summed E-state index contributed by atoms with van der Waals surface area (Å²) in [5.41, 5.74) is 4.81. The van der Waals surface area contributed by atoms with Crippen LogP contribution in [0.2, 0.25) is 0 Å². The summed E-state index contributed by atoms with van der Waals surface area (Å²) in [4.78, 5) is 5.33. The van der Waals surface area contributed by atoms with Crippen LogP contribution < -0.4 is 0 Å². The van der Waals surface area contributed by atoms with Gasteiger partial charge in [0.25, 0.3) is 0 Å². The highest BCUT2D eigenvalue weighted by molar-refractivity contribution is 5.38. The lowest BCUT2D eigenvalue weighted by atomic mass is 9.68. The van der Waals surface area contributed by atoms with Gasteiger partial charge >= 0.3 is 0 Å². The van der Waals surface area contributed by atoms with Crippen molar-refractivity contribution in [2.75, 3.05) is 39.4 Å². The number of ether oxygens (including phenoxy) is 1. The molecule has 28 heavy (non-hydrogen) atoms. The highest BCUT2D eigenvalue weighted by Crippen LogP contribution is 2.42. The number of nitrogens with zero attached hydrogens (tertiary/aromatic N) is 4. The predicted octanol–water partition coefficient (Wildman–Crippen LogP) is 2.81. The Balaban J connectivity index is 1.31. The fraction of sp³-hybridized carbons (Fsp3) is 0.609. The van der Waals surface area contributed by atoms with Crippen LogP contribution in [0, 0.1) is 5.92 Å². The third-order valence-corrected chi connectivity index (χ3v) is 7.03. The zero-order valence-corrected chi connectivity index (χ0v) is 17.0. The Hall–Kier alpha value is -1.69. The number of aromatic nitrogens is 2. The van der Waals surface area contributed by atoms with Gasteiger partial charge in [-0.2, -0.15) is 5.10 Å². The van der Waals surface area contributed by atoms with E-state index in [2.05, 4.69) is 45.4 Å². The number of likely N-dealkylation sites (tertiary alicyclic amines) is 1. The monoisotopic (exact) mass is 380 g/mol. The van der Waals surface area contributed by atoms with Crippen LogP contribution in [0.1, 0.15) is 36.0 Å². The quantitative estimate of drug-likeness (QED) is 0.817. The Morgan fingerprint density at radius 3 is 2.79 bits per heavy atom. The first kappa shape index (κ1) is 18.3. The van der Waals surface area contributed by atoms with Gasteiger partial charge in [-0.1, -0.05) is 24.3 Å². The van der Waals surface area contributed by atoms with Crippen molar-refractivity contribution in [3.8, 4) is 0 Å². The van der Waals surface area contributed by atoms with Crippen molar-refractivity contribution in [3.63, 3.8) is 0 Å². The van der Waals surface area contributed by atoms with Gasteiger partial charge < -0.3 is 4.74 Å². The van der Waals surface area contributed by atoms with Crippen molar-refractivity contribution in [3.05, 3.63) is 53.3 Å². The maximum atomic E-state index is 5.64. The molecule has 0 saturated carbocycles. The lowest BCUT2D eigenvalue weighted by molar-refractivity contribution is 0.0830. The Bertz CT molecular complexity index is 802. The van der Waals surface area contributed by atoms with Gasteiger partial charge in [0.15, 0.2) is 0 Å². The molecule has 5 nitrogen and oxygen atoms in total. The molecule has 3 aliphatic rings. The number of aryl methyl sites for hydroxylation is 1. The van der Waals surface area contributed by atoms with Gasteiger partial charge in [0.2, 0.25) is 0 Å². The number of fused-ring (bicyclic) bond motifs is 2. The normalized spacial score (nSPS) is 25.2. The number of piperidine rings is 1. The third-order valence-electron chi connectivity index (χ3n) is 7.03. The Morgan fingerprint density at radius 2 is 2.04 bits per heavy atom. The molecular weight excluding hydrogens is 348 g/mol. The van der Waals surface area contributed by atoms with Gasteiger partial charge in [-0.15, -0.1) is 0 Å². The second-order valence-electron chi connectivity index (χ2n) is 9.14. The highest BCUT2D eigenvalue weighted by atomic mass is 16.5. The molecular formula is C23H32N4O. The highest BCUT2D eigenvalue weighted by Gasteiger charge is 2.42. The molecule has 2 saturated heterocycles. The smallest absolute Gasteiger partial charge is 0.0534 e. The van der Waals surface area contributed by atoms with E-state index < -0.39 is 0 Å². The average molecular weight is 381 g/mol. The minimum atomic E-state index is 0.319. The van der Waals surface area contributed by atoms with Crippen LogP contribution in [0.4, 0.5) is 0 Å². The molecule has 0 radical (unpaired) electrons. The van der Waals surface area contributed by atoms with E-state index in [0.29, 0.717) is 11.3 Å². The molecule has 4 heterocycles. The summed E-state index contributed by atoms with van der Waals surface area (Å²) in [6.45, 7) is 8.76. The molecule has 0 N–H and O–H groups in total. The first-order valence-electron chi connectivity index (χ1n) is 10.8. The zero-order valence-electron chi connectivity index (χ0n) is 17.0. The second kappa shape index (κ2) is 7.62. The van der Waals surface area contributed by atoms with Gasteiger partial charge in [0.05, 0.1) is 12.8 Å². The average Bonchev–Trinajstić information content (AvgIpc) is 3.36. The topological polar surface area (TPSA) is 33.5 Å². The summed E-state index contributed by atoms with van der Waals surface area (Å²) < 4.78 is 7.54. The minimum absolute atomic E-state index is 0.319. The van der Waals surface area contributed by atoms with Crippen molar-refractivity contribution >= 4 is 0 Å². The molecule has 0 amide bonds. The van der Waals surface area contributed by atoms with E-state index >= 15 is 0 Å². The largest absolute Gasteiger partial charge is 0.381 e. The molecule has 150 valence electrons. The summed E-state index contributed by atoms with van der Waals surface area (Å²) in [6.07, 6.45) is 7.88. The maximum absolute atomic E-state index is 5.64. The summed E-state index contributed by atoms with van der Waals surface area (Å²) in [5.74, 6) is 0.716. The number of hydrogen-bond donors (Lipinski definition) is 0. The molecule has 2 fully saturated rings. The van der Waals surface area contributed by atoms with Crippen LogP contribution in [-0.2, 0) is 30.3 Å². The van der Waals surface area contributed by atoms with E-state index in [1.807, 2.05) is 17.9 Å². The van der Waals surface area contributed by atoms with Gasteiger partial charge in [0, 0.05) is 57.0 Å². The lowest BCUT2D eigenvalue weighted by Crippen LogP contribution is -2.52. The lowest BCUT2D eigenvalue weighted by Gasteiger charge is -2.49. The van der Waals surface area contributed by atoms with E-state index in [0.717, 1.165) is 26.3 Å². The van der Waals surface area contributed by atoms with Crippen molar-refractivity contribution in [1.82, 2.24) is 19.6 Å². The van der Waals surface area contributed by atoms with Gasteiger partial charge in [-0.3, -0.25) is 14.5 Å². The molecule has 1 atom stereocenters. The molecule has 0 unspecified atom stereocenters. The fourth-order valence-corrected chi connectivity index (χ4v) is 5.59. The summed E-state index contributed by atoms with van der Waals surface area (Å²) in [6, 6.07) is 9.22. The number of hydrogen-bond acceptors (Lipinski definition) is 4. The van der Waals surface area contributed by atoms with Crippen molar-refractivity contribution in [2.45, 2.75) is 37.8 Å². The first-order chi connectivity index (χ1) is 13.7. The van der Waals surface area contributed by atoms with Crippen molar-refractivity contribution < 1.29 is 4.74 Å². The van der Waals surface area contributed by atoms with Crippen molar-refractivity contribution in [2.24, 2.45) is 13.0 Å². The standard InChI is InChI=1S/C23H32N4O/c1-25-13-20(12-24-25)15-26-9-7-23(8-10-26)18-27(14-19-6-11-28-17-19)16-21-4-2-3-5-22(21)23/h2-5,12-13,19H,6-11,14-18H2,1H3/t19-/m0/s1. The van der Waals surface area contributed by atoms with Crippen LogP contribution in [0.15, 0.2) is 36.7 Å². The van der Waals surface area contributed by atoms with Gasteiger partial charge in [0.1, 0.15) is 0 Å². The van der Waals surface area contributed by atoms with Crippen molar-refractivity contribution in [1.29, 1.82) is 0 Å². The molecule has 5 heteroatoms. The molecule has 1 spiro atoms. The van der Waals surface area contributed by atoms with Crippen LogP contribution in [0.5, 0.6) is 0 Å². The molecule has 2 aromatic rings. The summed E-state index contributed by atoms with van der Waals surface area (Å²) >= 11 is 0. The van der Waals surface area contributed by atoms with E-state index in [1.165, 1.54) is 51.0 Å². The molecule has 1 aromatic carbocycles.